The molecule has 0 bridgehead atoms. The van der Waals surface area contributed by atoms with E-state index in [9.17, 15) is 28.4 Å². The van der Waals surface area contributed by atoms with Gasteiger partial charge in [-0.15, -0.1) is 0 Å². The zero-order valence-corrected chi connectivity index (χ0v) is 31.1. The molecule has 20 nitrogen and oxygen atoms in total. The van der Waals surface area contributed by atoms with E-state index in [1.807, 2.05) is 0 Å². The number of aromatic nitrogens is 1. The van der Waals surface area contributed by atoms with E-state index in [1.165, 1.54) is 29.3 Å². The number of halogens is 2. The molecule has 304 valence electrons. The SMILES string of the molecule is COC(=O)CN(CC(=O)OC)c1cc2oc(-c3ncc(C(=O)NCCCN=[N+]=[N-])o3)cc2cc1OCCOc1c(N(CC(=O)OC)CC(=O)OC)ccc(F)c1F. The number of methoxy groups -OCH3 is 4. The van der Waals surface area contributed by atoms with E-state index in [1.54, 1.807) is 0 Å². The number of hydrogen-bond donors (Lipinski definition) is 1. The monoisotopic (exact) mass is 801 g/mol. The molecule has 0 aliphatic carbocycles. The van der Waals surface area contributed by atoms with Crippen molar-refractivity contribution in [3.63, 3.8) is 0 Å². The van der Waals surface area contributed by atoms with Gasteiger partial charge in [0.25, 0.3) is 11.8 Å². The topological polar surface area (TPSA) is 247 Å². The van der Waals surface area contributed by atoms with Gasteiger partial charge < -0.3 is 52.4 Å². The van der Waals surface area contributed by atoms with Gasteiger partial charge in [-0.2, -0.15) is 4.39 Å². The van der Waals surface area contributed by atoms with Gasteiger partial charge in [0, 0.05) is 29.5 Å². The Hall–Kier alpha value is -7.09. The number of fused-ring (bicyclic) bond motifs is 1. The van der Waals surface area contributed by atoms with Gasteiger partial charge in [0.05, 0.1) is 46.0 Å². The summed E-state index contributed by atoms with van der Waals surface area (Å²) in [7, 11) is 4.52. The Morgan fingerprint density at radius 1 is 0.825 bits per heavy atom. The Kier molecular flexibility index (Phi) is 15.4. The second-order valence-corrected chi connectivity index (χ2v) is 11.5. The molecule has 0 spiro atoms. The van der Waals surface area contributed by atoms with E-state index < -0.39 is 80.0 Å². The molecule has 0 saturated carbocycles. The summed E-state index contributed by atoms with van der Waals surface area (Å²) in [6.45, 7) is -2.37. The van der Waals surface area contributed by atoms with Crippen molar-refractivity contribution >= 4 is 52.1 Å². The van der Waals surface area contributed by atoms with E-state index in [0.29, 0.717) is 11.8 Å². The summed E-state index contributed by atoms with van der Waals surface area (Å²) < 4.78 is 71.8. The molecule has 22 heteroatoms. The van der Waals surface area contributed by atoms with Gasteiger partial charge in [0.2, 0.25) is 11.6 Å². The fraction of sp³-hybridized carbons (Fsp3) is 0.371. The minimum Gasteiger partial charge on any atom is -0.488 e. The van der Waals surface area contributed by atoms with Crippen LogP contribution in [0.25, 0.3) is 33.1 Å². The number of anilines is 2. The smallest absolute Gasteiger partial charge is 0.325 e. The normalized spacial score (nSPS) is 10.6. The number of benzene rings is 2. The second-order valence-electron chi connectivity index (χ2n) is 11.5. The van der Waals surface area contributed by atoms with Crippen LogP contribution in [0, 0.1) is 11.6 Å². The molecule has 0 atom stereocenters. The van der Waals surface area contributed by atoms with Crippen molar-refractivity contribution in [1.82, 2.24) is 10.3 Å². The van der Waals surface area contributed by atoms with E-state index in [2.05, 4.69) is 29.8 Å². The molecule has 1 N–H and O–H groups in total. The lowest BCUT2D eigenvalue weighted by atomic mass is 10.2. The summed E-state index contributed by atoms with van der Waals surface area (Å²) in [6.07, 6.45) is 1.59. The van der Waals surface area contributed by atoms with Crippen molar-refractivity contribution < 1.29 is 70.0 Å². The first kappa shape index (κ1) is 42.6. The molecule has 4 rings (SSSR count). The Bertz CT molecular complexity index is 2100. The van der Waals surface area contributed by atoms with Crippen LogP contribution in [0.2, 0.25) is 0 Å². The van der Waals surface area contributed by atoms with Crippen LogP contribution in [-0.4, -0.2) is 116 Å². The molecule has 2 aromatic heterocycles. The number of ether oxygens (including phenoxy) is 6. The van der Waals surface area contributed by atoms with E-state index in [-0.39, 0.29) is 59.8 Å². The number of hydrogen-bond acceptors (Lipinski definition) is 17. The van der Waals surface area contributed by atoms with Crippen molar-refractivity contribution in [2.24, 2.45) is 5.11 Å². The largest absolute Gasteiger partial charge is 0.488 e. The van der Waals surface area contributed by atoms with Crippen molar-refractivity contribution in [2.75, 3.05) is 90.7 Å². The predicted octanol–water partition coefficient (Wildman–Crippen LogP) is 3.56. The highest BCUT2D eigenvalue weighted by Gasteiger charge is 2.26. The number of amides is 1. The molecule has 57 heavy (non-hydrogen) atoms. The number of esters is 4. The highest BCUT2D eigenvalue weighted by molar-refractivity contribution is 5.92. The molecule has 1 amide bonds. The fourth-order valence-electron chi connectivity index (χ4n) is 5.04. The van der Waals surface area contributed by atoms with Crippen LogP contribution in [0.3, 0.4) is 0 Å². The molecule has 0 aliphatic rings. The van der Waals surface area contributed by atoms with Gasteiger partial charge >= 0.3 is 23.9 Å². The van der Waals surface area contributed by atoms with Crippen LogP contribution in [0.5, 0.6) is 11.5 Å². The van der Waals surface area contributed by atoms with Crippen molar-refractivity contribution in [1.29, 1.82) is 0 Å². The predicted molar refractivity (Wildman–Crippen MR) is 193 cm³/mol. The van der Waals surface area contributed by atoms with E-state index in [0.717, 1.165) is 45.5 Å². The third kappa shape index (κ3) is 11.5. The Labute approximate surface area is 322 Å². The quantitative estimate of drug-likeness (QED) is 0.0316. The van der Waals surface area contributed by atoms with Crippen LogP contribution >= 0.6 is 0 Å². The second kappa shape index (κ2) is 20.6. The minimum atomic E-state index is -1.42. The molecule has 0 saturated heterocycles. The molecular formula is C35H37F2N7O13. The number of azide groups is 1. The number of furan rings is 1. The Morgan fingerprint density at radius 2 is 1.42 bits per heavy atom. The lowest BCUT2D eigenvalue weighted by molar-refractivity contribution is -0.141. The maximum absolute atomic E-state index is 15.2. The number of oxazole rings is 1. The Balaban J connectivity index is 1.65. The van der Waals surface area contributed by atoms with Gasteiger partial charge in [-0.05, 0) is 36.2 Å². The summed E-state index contributed by atoms with van der Waals surface area (Å²) >= 11 is 0. The van der Waals surface area contributed by atoms with Crippen molar-refractivity contribution in [2.45, 2.75) is 6.42 Å². The zero-order chi connectivity index (χ0) is 41.5. The summed E-state index contributed by atoms with van der Waals surface area (Å²) in [6, 6.07) is 6.35. The molecule has 0 aliphatic heterocycles. The molecular weight excluding hydrogens is 764 g/mol. The third-order valence-corrected chi connectivity index (χ3v) is 7.81. The average molecular weight is 802 g/mol. The van der Waals surface area contributed by atoms with Crippen LogP contribution in [-0.2, 0) is 38.1 Å². The highest BCUT2D eigenvalue weighted by Crippen LogP contribution is 2.38. The summed E-state index contributed by atoms with van der Waals surface area (Å²) in [5.74, 6) is -7.01. The maximum atomic E-state index is 15.2. The van der Waals surface area contributed by atoms with Crippen LogP contribution in [0.15, 0.2) is 50.5 Å². The first-order valence-corrected chi connectivity index (χ1v) is 16.8. The maximum Gasteiger partial charge on any atom is 0.325 e. The summed E-state index contributed by atoms with van der Waals surface area (Å²) in [5.41, 5.74) is 8.55. The number of rotatable bonds is 21. The fourth-order valence-corrected chi connectivity index (χ4v) is 5.04. The molecule has 2 heterocycles. The van der Waals surface area contributed by atoms with Gasteiger partial charge in [-0.25, -0.2) is 9.37 Å². The number of nitrogens with one attached hydrogen (secondary N) is 1. The molecule has 0 radical (unpaired) electrons. The lowest BCUT2D eigenvalue weighted by Gasteiger charge is -2.26. The zero-order valence-electron chi connectivity index (χ0n) is 31.1. The summed E-state index contributed by atoms with van der Waals surface area (Å²) in [4.78, 5) is 70.8. The average Bonchev–Trinajstić information content (AvgIpc) is 3.87. The highest BCUT2D eigenvalue weighted by atomic mass is 19.2. The van der Waals surface area contributed by atoms with E-state index >= 15 is 4.39 Å². The van der Waals surface area contributed by atoms with Gasteiger partial charge in [0.1, 0.15) is 50.7 Å². The van der Waals surface area contributed by atoms with Crippen LogP contribution < -0.4 is 24.6 Å². The Morgan fingerprint density at radius 3 is 2.02 bits per heavy atom. The van der Waals surface area contributed by atoms with Crippen molar-refractivity contribution in [3.8, 4) is 23.1 Å². The first-order chi connectivity index (χ1) is 27.4. The minimum absolute atomic E-state index is 0.0532. The standard InChI is InChI=1S/C35H37F2N7O13/c1-50-28(45)16-43(17-29(46)51-2)22-7-6-21(36)32(37)33(22)55-11-10-54-25-12-20-13-26(35-40-15-27(57-35)34(49)39-8-5-9-41-42-38)56-24(20)14-23(25)44(18-30(47)52-3)19-31(48)53-4/h6-7,12-15H,5,8-11,16-19H2,1-4H3,(H,39,49). The van der Waals surface area contributed by atoms with Crippen LogP contribution in [0.4, 0.5) is 20.2 Å². The molecule has 0 unspecified atom stereocenters. The third-order valence-electron chi connectivity index (χ3n) is 7.81. The molecule has 0 fully saturated rings. The first-order valence-electron chi connectivity index (χ1n) is 16.8. The van der Waals surface area contributed by atoms with Crippen LogP contribution in [0.1, 0.15) is 17.0 Å². The van der Waals surface area contributed by atoms with Gasteiger partial charge in [-0.3, -0.25) is 24.0 Å². The number of carbonyl (C=O) groups excluding carboxylic acids is 5. The summed E-state index contributed by atoms with van der Waals surface area (Å²) in [5, 5.41) is 6.42. The number of nitrogens with zero attached hydrogens (tertiary/aromatic N) is 6. The van der Waals surface area contributed by atoms with Gasteiger partial charge in [0.15, 0.2) is 17.3 Å². The molecule has 2 aromatic carbocycles. The van der Waals surface area contributed by atoms with Crippen molar-refractivity contribution in [3.05, 3.63) is 64.4 Å². The number of carbonyl (C=O) groups is 5. The van der Waals surface area contributed by atoms with Gasteiger partial charge in [-0.1, -0.05) is 5.11 Å². The van der Waals surface area contributed by atoms with E-state index in [4.69, 9.17) is 33.3 Å². The lowest BCUT2D eigenvalue weighted by Crippen LogP contribution is -2.36. The molecule has 4 aromatic rings.